The molecule has 0 bridgehead atoms. The van der Waals surface area contributed by atoms with Gasteiger partial charge in [0.15, 0.2) is 0 Å². The molecule has 0 aliphatic carbocycles. The Bertz CT molecular complexity index is 443. The molecule has 0 aliphatic rings. The normalized spacial score (nSPS) is 11.8. The molecule has 0 heterocycles. The molecule has 1 aromatic carbocycles. The molecular weight excluding hydrogens is 246 g/mol. The third kappa shape index (κ3) is 4.59. The highest BCUT2D eigenvalue weighted by molar-refractivity contribution is 5.95. The van der Waals surface area contributed by atoms with Gasteiger partial charge in [0.05, 0.1) is 13.2 Å². The van der Waals surface area contributed by atoms with E-state index < -0.39 is 12.1 Å². The second-order valence-electron chi connectivity index (χ2n) is 4.45. The Balaban J connectivity index is 2.62. The quantitative estimate of drug-likeness (QED) is 0.773. The Morgan fingerprint density at radius 1 is 1.11 bits per heavy atom. The minimum absolute atomic E-state index is 0.0697. The van der Waals surface area contributed by atoms with Crippen molar-refractivity contribution in [2.24, 2.45) is 11.7 Å². The fourth-order valence-corrected chi connectivity index (χ4v) is 1.33. The molecule has 19 heavy (non-hydrogen) atoms. The van der Waals surface area contributed by atoms with Crippen molar-refractivity contribution < 1.29 is 14.3 Å². The number of carbonyl (C=O) groups is 2. The zero-order chi connectivity index (χ0) is 14.4. The SMILES string of the molecule is COC(=O)Nc1ccc(NC(=O)[C@@H](N)C(C)C)cc1. The number of anilines is 2. The van der Waals surface area contributed by atoms with Crippen LogP contribution >= 0.6 is 0 Å². The van der Waals surface area contributed by atoms with Gasteiger partial charge in [-0.15, -0.1) is 0 Å². The molecule has 104 valence electrons. The van der Waals surface area contributed by atoms with Gasteiger partial charge in [0.25, 0.3) is 0 Å². The third-order valence-corrected chi connectivity index (χ3v) is 2.61. The second kappa shape index (κ2) is 6.75. The Morgan fingerprint density at radius 2 is 1.58 bits per heavy atom. The van der Waals surface area contributed by atoms with Gasteiger partial charge in [-0.05, 0) is 30.2 Å². The van der Waals surface area contributed by atoms with Crippen molar-refractivity contribution in [1.29, 1.82) is 0 Å². The lowest BCUT2D eigenvalue weighted by atomic mass is 10.0. The molecule has 0 spiro atoms. The Labute approximate surface area is 112 Å². The molecule has 2 amide bonds. The molecule has 0 saturated carbocycles. The summed E-state index contributed by atoms with van der Waals surface area (Å²) in [5.41, 5.74) is 6.94. The highest BCUT2D eigenvalue weighted by Crippen LogP contribution is 2.14. The van der Waals surface area contributed by atoms with Gasteiger partial charge < -0.3 is 15.8 Å². The number of hydrogen-bond acceptors (Lipinski definition) is 4. The van der Waals surface area contributed by atoms with Gasteiger partial charge in [-0.25, -0.2) is 4.79 Å². The van der Waals surface area contributed by atoms with E-state index in [1.807, 2.05) is 13.8 Å². The van der Waals surface area contributed by atoms with Crippen LogP contribution in [0.25, 0.3) is 0 Å². The summed E-state index contributed by atoms with van der Waals surface area (Å²) in [5, 5.41) is 5.22. The molecule has 1 aromatic rings. The first kappa shape index (κ1) is 15.0. The number of ether oxygens (including phenoxy) is 1. The Morgan fingerprint density at radius 3 is 2.00 bits per heavy atom. The molecule has 0 aromatic heterocycles. The van der Waals surface area contributed by atoms with Crippen LogP contribution < -0.4 is 16.4 Å². The number of carbonyl (C=O) groups excluding carboxylic acids is 2. The van der Waals surface area contributed by atoms with Crippen molar-refractivity contribution in [1.82, 2.24) is 0 Å². The lowest BCUT2D eigenvalue weighted by molar-refractivity contribution is -0.118. The zero-order valence-corrected chi connectivity index (χ0v) is 11.3. The first-order valence-corrected chi connectivity index (χ1v) is 5.95. The third-order valence-electron chi connectivity index (χ3n) is 2.61. The molecule has 6 heteroatoms. The smallest absolute Gasteiger partial charge is 0.411 e. The number of rotatable bonds is 4. The highest BCUT2D eigenvalue weighted by atomic mass is 16.5. The summed E-state index contributed by atoms with van der Waals surface area (Å²) in [6.07, 6.45) is -0.543. The number of benzene rings is 1. The minimum atomic E-state index is -0.548. The van der Waals surface area contributed by atoms with Gasteiger partial charge >= 0.3 is 6.09 Å². The first-order valence-electron chi connectivity index (χ1n) is 5.95. The van der Waals surface area contributed by atoms with Crippen LogP contribution in [0.1, 0.15) is 13.8 Å². The highest BCUT2D eigenvalue weighted by Gasteiger charge is 2.16. The van der Waals surface area contributed by atoms with Gasteiger partial charge in [0.1, 0.15) is 0 Å². The molecular formula is C13H19N3O3. The molecule has 0 radical (unpaired) electrons. The Kier molecular flexibility index (Phi) is 5.32. The summed E-state index contributed by atoms with van der Waals surface area (Å²) in [6.45, 7) is 3.77. The maximum absolute atomic E-state index is 11.7. The van der Waals surface area contributed by atoms with E-state index in [4.69, 9.17) is 5.73 Å². The zero-order valence-electron chi connectivity index (χ0n) is 11.3. The maximum Gasteiger partial charge on any atom is 0.411 e. The van der Waals surface area contributed by atoms with Crippen molar-refractivity contribution in [3.8, 4) is 0 Å². The predicted molar refractivity (Wildman–Crippen MR) is 73.9 cm³/mol. The lowest BCUT2D eigenvalue weighted by Crippen LogP contribution is -2.39. The summed E-state index contributed by atoms with van der Waals surface area (Å²) in [4.78, 5) is 22.7. The average Bonchev–Trinajstić information content (AvgIpc) is 2.39. The number of nitrogens with two attached hydrogens (primary N) is 1. The average molecular weight is 265 g/mol. The summed E-state index contributed by atoms with van der Waals surface area (Å²) in [7, 11) is 1.29. The molecule has 0 aliphatic heterocycles. The fourth-order valence-electron chi connectivity index (χ4n) is 1.33. The van der Waals surface area contributed by atoms with Gasteiger partial charge in [-0.1, -0.05) is 13.8 Å². The molecule has 6 nitrogen and oxygen atoms in total. The van der Waals surface area contributed by atoms with Gasteiger partial charge in [0, 0.05) is 11.4 Å². The van der Waals surface area contributed by atoms with Crippen LogP contribution in [-0.2, 0) is 9.53 Å². The second-order valence-corrected chi connectivity index (χ2v) is 4.45. The van der Waals surface area contributed by atoms with Crippen LogP contribution in [0.5, 0.6) is 0 Å². The molecule has 4 N–H and O–H groups in total. The largest absolute Gasteiger partial charge is 0.453 e. The van der Waals surface area contributed by atoms with E-state index in [0.717, 1.165) is 0 Å². The minimum Gasteiger partial charge on any atom is -0.453 e. The van der Waals surface area contributed by atoms with E-state index in [2.05, 4.69) is 15.4 Å². The van der Waals surface area contributed by atoms with Crippen molar-refractivity contribution >= 4 is 23.4 Å². The number of hydrogen-bond donors (Lipinski definition) is 3. The standard InChI is InChI=1S/C13H19N3O3/c1-8(2)11(14)12(17)15-9-4-6-10(7-5-9)16-13(18)19-3/h4-8,11H,14H2,1-3H3,(H,15,17)(H,16,18)/t11-/m0/s1. The topological polar surface area (TPSA) is 93.5 Å². The van der Waals surface area contributed by atoms with E-state index in [1.165, 1.54) is 7.11 Å². The summed E-state index contributed by atoms with van der Waals surface area (Å²) in [6, 6.07) is 6.13. The van der Waals surface area contributed by atoms with Crippen LogP contribution in [0.4, 0.5) is 16.2 Å². The summed E-state index contributed by atoms with van der Waals surface area (Å²) >= 11 is 0. The first-order chi connectivity index (χ1) is 8.93. The van der Waals surface area contributed by atoms with E-state index in [-0.39, 0.29) is 11.8 Å². The van der Waals surface area contributed by atoms with Gasteiger partial charge in [0.2, 0.25) is 5.91 Å². The maximum atomic E-state index is 11.7. The van der Waals surface area contributed by atoms with Crippen LogP contribution in [0, 0.1) is 5.92 Å². The van der Waals surface area contributed by atoms with Crippen molar-refractivity contribution in [2.45, 2.75) is 19.9 Å². The van der Waals surface area contributed by atoms with Crippen LogP contribution in [0.3, 0.4) is 0 Å². The monoisotopic (exact) mass is 265 g/mol. The molecule has 0 fully saturated rings. The van der Waals surface area contributed by atoms with Crippen LogP contribution in [0.15, 0.2) is 24.3 Å². The lowest BCUT2D eigenvalue weighted by Gasteiger charge is -2.15. The number of nitrogens with one attached hydrogen (secondary N) is 2. The number of methoxy groups -OCH3 is 1. The number of amides is 2. The summed E-state index contributed by atoms with van der Waals surface area (Å²) in [5.74, 6) is -0.163. The van der Waals surface area contributed by atoms with Crippen molar-refractivity contribution in [3.63, 3.8) is 0 Å². The van der Waals surface area contributed by atoms with E-state index in [9.17, 15) is 9.59 Å². The van der Waals surface area contributed by atoms with Crippen molar-refractivity contribution in [2.75, 3.05) is 17.7 Å². The molecule has 0 unspecified atom stereocenters. The van der Waals surface area contributed by atoms with Crippen LogP contribution in [-0.4, -0.2) is 25.2 Å². The van der Waals surface area contributed by atoms with Gasteiger partial charge in [-0.3, -0.25) is 10.1 Å². The van der Waals surface area contributed by atoms with Gasteiger partial charge in [-0.2, -0.15) is 0 Å². The van der Waals surface area contributed by atoms with E-state index in [1.54, 1.807) is 24.3 Å². The molecule has 0 saturated heterocycles. The van der Waals surface area contributed by atoms with Crippen LogP contribution in [0.2, 0.25) is 0 Å². The van der Waals surface area contributed by atoms with Crippen molar-refractivity contribution in [3.05, 3.63) is 24.3 Å². The van der Waals surface area contributed by atoms with E-state index >= 15 is 0 Å². The summed E-state index contributed by atoms with van der Waals surface area (Å²) < 4.78 is 4.47. The predicted octanol–water partition coefficient (Wildman–Crippen LogP) is 1.79. The fraction of sp³-hybridized carbons (Fsp3) is 0.385. The molecule has 1 atom stereocenters. The van der Waals surface area contributed by atoms with E-state index in [0.29, 0.717) is 11.4 Å². The Hall–Kier alpha value is -2.08. The molecule has 1 rings (SSSR count).